The third-order valence-corrected chi connectivity index (χ3v) is 13.7. The summed E-state index contributed by atoms with van der Waals surface area (Å²) in [6.07, 6.45) is 79.1. The quantitative estimate of drug-likeness (QED) is 0.0243. The van der Waals surface area contributed by atoms with Gasteiger partial charge in [0, 0.05) is 6.42 Å². The number of carbonyl (C=O) groups excluding carboxylic acids is 1. The second kappa shape index (κ2) is 54.0. The highest BCUT2D eigenvalue weighted by Gasteiger charge is 2.27. The summed E-state index contributed by atoms with van der Waals surface area (Å²) in [5.74, 6) is -0.197. The van der Waals surface area contributed by atoms with Gasteiger partial charge in [-0.05, 0) is 96.3 Å². The molecule has 0 saturated heterocycles. The van der Waals surface area contributed by atoms with Gasteiger partial charge in [-0.15, -0.1) is 0 Å². The van der Waals surface area contributed by atoms with Crippen molar-refractivity contribution in [3.8, 4) is 0 Å². The van der Waals surface area contributed by atoms with Gasteiger partial charge in [-0.25, -0.2) is 4.57 Å². The number of rotatable bonds is 53. The van der Waals surface area contributed by atoms with E-state index in [4.69, 9.17) is 9.05 Å². The number of amides is 1. The molecule has 0 aromatic rings. The minimum Gasteiger partial charge on any atom is -0.387 e. The van der Waals surface area contributed by atoms with Gasteiger partial charge < -0.3 is 19.8 Å². The molecule has 0 heterocycles. The zero-order valence-corrected chi connectivity index (χ0v) is 48.7. The van der Waals surface area contributed by atoms with E-state index >= 15 is 0 Å². The average molecular weight is 1040 g/mol. The van der Waals surface area contributed by atoms with E-state index in [1.54, 1.807) is 6.08 Å². The molecule has 420 valence electrons. The van der Waals surface area contributed by atoms with E-state index in [2.05, 4.69) is 116 Å². The molecule has 8 nitrogen and oxygen atoms in total. The fraction of sp³-hybridized carbons (Fsp3) is 0.703. The van der Waals surface area contributed by atoms with Crippen molar-refractivity contribution in [2.45, 2.75) is 251 Å². The van der Waals surface area contributed by atoms with Crippen LogP contribution in [0.4, 0.5) is 0 Å². The van der Waals surface area contributed by atoms with Gasteiger partial charge in [0.25, 0.3) is 0 Å². The van der Waals surface area contributed by atoms with Gasteiger partial charge in [0.1, 0.15) is 13.2 Å². The maximum atomic E-state index is 13.0. The Kier molecular flexibility index (Phi) is 51.9. The Morgan fingerprint density at radius 1 is 0.479 bits per heavy atom. The third-order valence-electron chi connectivity index (χ3n) is 12.7. The number of phosphoric ester groups is 1. The van der Waals surface area contributed by atoms with Crippen LogP contribution in [0.1, 0.15) is 239 Å². The molecule has 3 unspecified atom stereocenters. The summed E-state index contributed by atoms with van der Waals surface area (Å²) < 4.78 is 23.7. The minimum atomic E-state index is -4.37. The Balaban J connectivity index is 4.24. The largest absolute Gasteiger partial charge is 0.472 e. The predicted octanol–water partition coefficient (Wildman–Crippen LogP) is 18.4. The van der Waals surface area contributed by atoms with Gasteiger partial charge in [0.05, 0.1) is 39.9 Å². The van der Waals surface area contributed by atoms with E-state index in [0.717, 1.165) is 83.5 Å². The molecular formula is C64H114N2O6P+. The molecule has 0 fully saturated rings. The molecule has 0 spiro atoms. The maximum Gasteiger partial charge on any atom is 0.472 e. The third kappa shape index (κ3) is 56.7. The Morgan fingerprint density at radius 3 is 1.26 bits per heavy atom. The molecule has 0 rings (SSSR count). The second-order valence-corrected chi connectivity index (χ2v) is 22.4. The number of quaternary nitrogens is 1. The lowest BCUT2D eigenvalue weighted by Gasteiger charge is -2.25. The number of unbranched alkanes of at least 4 members (excludes halogenated alkanes) is 24. The maximum absolute atomic E-state index is 13.0. The molecule has 0 radical (unpaired) electrons. The number of carbonyl (C=O) groups is 1. The number of aliphatic hydroxyl groups is 1. The van der Waals surface area contributed by atoms with Crippen molar-refractivity contribution in [2.24, 2.45) is 0 Å². The van der Waals surface area contributed by atoms with E-state index in [0.29, 0.717) is 17.4 Å². The lowest BCUT2D eigenvalue weighted by atomic mass is 10.0. The van der Waals surface area contributed by atoms with Crippen LogP contribution in [0.15, 0.2) is 109 Å². The first kappa shape index (κ1) is 70.2. The molecule has 0 aromatic heterocycles. The summed E-state index contributed by atoms with van der Waals surface area (Å²) in [5, 5.41) is 13.9. The predicted molar refractivity (Wildman–Crippen MR) is 318 cm³/mol. The zero-order valence-electron chi connectivity index (χ0n) is 47.8. The van der Waals surface area contributed by atoms with Gasteiger partial charge in [-0.2, -0.15) is 0 Å². The molecular weight excluding hydrogens is 924 g/mol. The highest BCUT2D eigenvalue weighted by atomic mass is 31.2. The smallest absolute Gasteiger partial charge is 0.387 e. The Bertz CT molecular complexity index is 1550. The molecule has 9 heteroatoms. The molecule has 0 saturated carbocycles. The van der Waals surface area contributed by atoms with Crippen molar-refractivity contribution in [3.05, 3.63) is 109 Å². The molecule has 0 aliphatic heterocycles. The van der Waals surface area contributed by atoms with E-state index in [1.807, 2.05) is 27.2 Å². The molecule has 3 atom stereocenters. The van der Waals surface area contributed by atoms with Crippen LogP contribution in [0.25, 0.3) is 0 Å². The van der Waals surface area contributed by atoms with Crippen molar-refractivity contribution < 1.29 is 32.9 Å². The molecule has 0 bridgehead atoms. The van der Waals surface area contributed by atoms with Crippen LogP contribution in [0.2, 0.25) is 0 Å². The normalized spacial score (nSPS) is 14.7. The standard InChI is InChI=1S/C64H113N2O6P/c1-6-8-10-12-14-16-18-20-22-24-26-28-29-30-31-32-33-34-35-36-37-38-40-42-44-46-48-50-52-54-56-58-64(68)65-62(61-72-73(69,70)71-60-59-66(3,4)5)63(67)57-55-53-51-49-47-45-43-41-39-27-25-23-21-19-17-15-13-11-9-7-2/h8,10,14,16,20,22,26,28,30-31,33-34,39,41,47,49,55,57,62-63,67H,6-7,9,11-13,15,17-19,21,23-25,27,29,32,35-38,40,42-46,48,50-54,56,58-61H2,1-5H3,(H-,65,68,69,70)/p+1/b10-8-,16-14-,22-20-,28-26-,31-30-,34-33-,41-39+,49-47+,57-55+. The van der Waals surface area contributed by atoms with Crippen molar-refractivity contribution in [3.63, 3.8) is 0 Å². The SMILES string of the molecule is CC/C=C\C/C=C\C/C=C\C/C=C\C/C=C\C/C=C\CCCCCCCCCCCCCCC(=O)NC(COP(=O)(O)OCC[N+](C)(C)C)C(O)/C=C/CC/C=C/CC/C=C/CCCCCCCCCCCC. The highest BCUT2D eigenvalue weighted by molar-refractivity contribution is 7.47. The van der Waals surface area contributed by atoms with Crippen LogP contribution in [0.3, 0.4) is 0 Å². The number of phosphoric acid groups is 1. The first-order valence-electron chi connectivity index (χ1n) is 29.8. The average Bonchev–Trinajstić information content (AvgIpc) is 3.35. The first-order valence-corrected chi connectivity index (χ1v) is 31.3. The Hall–Kier alpha value is -2.84. The van der Waals surface area contributed by atoms with Crippen LogP contribution >= 0.6 is 7.82 Å². The van der Waals surface area contributed by atoms with Gasteiger partial charge in [-0.3, -0.25) is 13.8 Å². The highest BCUT2D eigenvalue weighted by Crippen LogP contribution is 2.43. The Morgan fingerprint density at radius 2 is 0.836 bits per heavy atom. The van der Waals surface area contributed by atoms with Gasteiger partial charge in [-0.1, -0.05) is 245 Å². The van der Waals surface area contributed by atoms with E-state index in [9.17, 15) is 19.4 Å². The topological polar surface area (TPSA) is 105 Å². The summed E-state index contributed by atoms with van der Waals surface area (Å²) in [7, 11) is 1.53. The summed E-state index contributed by atoms with van der Waals surface area (Å²) in [4.78, 5) is 23.3. The van der Waals surface area contributed by atoms with Crippen molar-refractivity contribution in [1.82, 2.24) is 5.32 Å². The number of hydrogen-bond acceptors (Lipinski definition) is 5. The van der Waals surface area contributed by atoms with Gasteiger partial charge >= 0.3 is 7.82 Å². The van der Waals surface area contributed by atoms with E-state index in [-0.39, 0.29) is 19.1 Å². The van der Waals surface area contributed by atoms with E-state index in [1.165, 1.54) is 135 Å². The van der Waals surface area contributed by atoms with Crippen LogP contribution in [-0.2, 0) is 18.4 Å². The fourth-order valence-corrected chi connectivity index (χ4v) is 8.81. The van der Waals surface area contributed by atoms with E-state index < -0.39 is 20.0 Å². The summed E-state index contributed by atoms with van der Waals surface area (Å²) in [6.45, 7) is 4.67. The monoisotopic (exact) mass is 1040 g/mol. The number of allylic oxidation sites excluding steroid dienone is 17. The first-order chi connectivity index (χ1) is 35.5. The van der Waals surface area contributed by atoms with Crippen molar-refractivity contribution in [2.75, 3.05) is 40.9 Å². The van der Waals surface area contributed by atoms with Crippen LogP contribution in [0, 0.1) is 0 Å². The zero-order chi connectivity index (χ0) is 53.5. The van der Waals surface area contributed by atoms with Crippen molar-refractivity contribution in [1.29, 1.82) is 0 Å². The molecule has 1 amide bonds. The molecule has 3 N–H and O–H groups in total. The summed E-state index contributed by atoms with van der Waals surface area (Å²) >= 11 is 0. The van der Waals surface area contributed by atoms with Crippen molar-refractivity contribution >= 4 is 13.7 Å². The second-order valence-electron chi connectivity index (χ2n) is 21.0. The van der Waals surface area contributed by atoms with Gasteiger partial charge in [0.15, 0.2) is 0 Å². The molecule has 0 aromatic carbocycles. The lowest BCUT2D eigenvalue weighted by Crippen LogP contribution is -2.45. The number of nitrogens with zero attached hydrogens (tertiary/aromatic N) is 1. The molecule has 0 aliphatic carbocycles. The van der Waals surface area contributed by atoms with Gasteiger partial charge in [0.2, 0.25) is 5.91 Å². The fourth-order valence-electron chi connectivity index (χ4n) is 8.08. The number of likely N-dealkylation sites (N-methyl/N-ethyl adjacent to an activating group) is 1. The molecule has 73 heavy (non-hydrogen) atoms. The number of aliphatic hydroxyl groups excluding tert-OH is 1. The molecule has 0 aliphatic rings. The lowest BCUT2D eigenvalue weighted by molar-refractivity contribution is -0.870. The van der Waals surface area contributed by atoms with Crippen LogP contribution in [-0.4, -0.2) is 73.4 Å². The Labute approximate surface area is 451 Å². The minimum absolute atomic E-state index is 0.0484. The summed E-state index contributed by atoms with van der Waals surface area (Å²) in [5.41, 5.74) is 0. The summed E-state index contributed by atoms with van der Waals surface area (Å²) in [6, 6.07) is -0.878. The number of hydrogen-bond donors (Lipinski definition) is 3. The van der Waals surface area contributed by atoms with Crippen LogP contribution in [0.5, 0.6) is 0 Å². The number of nitrogens with one attached hydrogen (secondary N) is 1. The van der Waals surface area contributed by atoms with Crippen LogP contribution < -0.4 is 5.32 Å².